The molecule has 2 fully saturated rings. The zero-order valence-corrected chi connectivity index (χ0v) is 18.2. The van der Waals surface area contributed by atoms with Gasteiger partial charge in [-0.25, -0.2) is 14.4 Å². The third-order valence-corrected chi connectivity index (χ3v) is 5.97. The fourth-order valence-corrected chi connectivity index (χ4v) is 5.44. The average Bonchev–Trinajstić information content (AvgIpc) is 3.10. The molecular weight excluding hydrogens is 388 g/mol. The molecule has 0 saturated carbocycles. The lowest BCUT2D eigenvalue weighted by atomic mass is 9.66. The largest absolute Gasteiger partial charge is 0.480 e. The van der Waals surface area contributed by atoms with Crippen molar-refractivity contribution in [2.24, 2.45) is 10.8 Å². The molecule has 0 radical (unpaired) electrons. The van der Waals surface area contributed by atoms with Crippen molar-refractivity contribution < 1.29 is 29.3 Å². The number of nitrogens with zero attached hydrogens (tertiary/aromatic N) is 2. The third-order valence-electron chi connectivity index (χ3n) is 5.97. The van der Waals surface area contributed by atoms with Crippen LogP contribution in [0, 0.1) is 10.8 Å². The number of amides is 2. The van der Waals surface area contributed by atoms with Crippen LogP contribution in [0.1, 0.15) is 48.0 Å². The molecule has 0 bridgehead atoms. The summed E-state index contributed by atoms with van der Waals surface area (Å²) in [6.07, 6.45) is -2.03. The number of hydrogen-bond acceptors (Lipinski definition) is 4. The van der Waals surface area contributed by atoms with Crippen LogP contribution in [0.3, 0.4) is 0 Å². The summed E-state index contributed by atoms with van der Waals surface area (Å²) < 4.78 is 6.03. The molecule has 2 aliphatic rings. The molecule has 2 aliphatic heterocycles. The molecule has 3 rings (SSSR count). The molecule has 30 heavy (non-hydrogen) atoms. The van der Waals surface area contributed by atoms with Crippen LogP contribution >= 0.6 is 0 Å². The first-order valence-corrected chi connectivity index (χ1v) is 10.0. The predicted molar refractivity (Wildman–Crippen MR) is 111 cm³/mol. The summed E-state index contributed by atoms with van der Waals surface area (Å²) in [5, 5.41) is 19.8. The van der Waals surface area contributed by atoms with Crippen LogP contribution in [0.5, 0.6) is 0 Å². The topological polar surface area (TPSA) is 107 Å². The number of aliphatic carboxylic acids is 1. The second kappa shape index (κ2) is 6.89. The van der Waals surface area contributed by atoms with Gasteiger partial charge in [-0.15, -0.1) is 0 Å². The van der Waals surface area contributed by atoms with Crippen LogP contribution in [-0.2, 0) is 9.53 Å². The molecule has 1 aromatic carbocycles. The van der Waals surface area contributed by atoms with Gasteiger partial charge in [-0.2, -0.15) is 0 Å². The predicted octanol–water partition coefficient (Wildman–Crippen LogP) is 4.05. The van der Waals surface area contributed by atoms with Crippen molar-refractivity contribution in [3.05, 3.63) is 30.3 Å². The molecule has 2 N–H and O–H groups in total. The number of carbonyl (C=O) groups is 3. The van der Waals surface area contributed by atoms with Crippen molar-refractivity contribution >= 4 is 23.8 Å². The first-order valence-electron chi connectivity index (χ1n) is 10.0. The summed E-state index contributed by atoms with van der Waals surface area (Å²) >= 11 is 0. The number of anilines is 1. The van der Waals surface area contributed by atoms with E-state index >= 15 is 0 Å². The Morgan fingerprint density at radius 3 is 1.97 bits per heavy atom. The van der Waals surface area contributed by atoms with Gasteiger partial charge in [-0.3, -0.25) is 9.80 Å². The lowest BCUT2D eigenvalue weighted by Crippen LogP contribution is -2.63. The van der Waals surface area contributed by atoms with Gasteiger partial charge in [0.25, 0.3) is 0 Å². The molecule has 1 aromatic rings. The molecule has 4 atom stereocenters. The molecule has 2 unspecified atom stereocenters. The number of carboxylic acid groups (broad SMARTS) is 2. The highest BCUT2D eigenvalue weighted by Crippen LogP contribution is 2.55. The molecule has 0 aliphatic carbocycles. The number of para-hydroxylation sites is 1. The summed E-state index contributed by atoms with van der Waals surface area (Å²) in [5.74, 6) is -1.25. The summed E-state index contributed by atoms with van der Waals surface area (Å²) in [5.41, 5.74) is -1.89. The molecular formula is C22H30N2O6. The zero-order chi connectivity index (χ0) is 22.6. The zero-order valence-electron chi connectivity index (χ0n) is 18.2. The van der Waals surface area contributed by atoms with Gasteiger partial charge in [-0.1, -0.05) is 59.7 Å². The molecule has 1 spiro atoms. The van der Waals surface area contributed by atoms with Gasteiger partial charge in [0.05, 0.1) is 12.1 Å². The molecule has 8 heteroatoms. The lowest BCUT2D eigenvalue weighted by Gasteiger charge is -2.47. The molecule has 0 aromatic heterocycles. The van der Waals surface area contributed by atoms with Gasteiger partial charge in [0.15, 0.2) is 5.60 Å². The highest BCUT2D eigenvalue weighted by Gasteiger charge is 2.72. The maximum absolute atomic E-state index is 13.2. The number of rotatable bonds is 2. The minimum Gasteiger partial charge on any atom is -0.480 e. The number of hydrogen-bond donors (Lipinski definition) is 2. The van der Waals surface area contributed by atoms with E-state index in [1.807, 2.05) is 59.7 Å². The number of likely N-dealkylation sites (tertiary alicyclic amines) is 1. The van der Waals surface area contributed by atoms with E-state index in [4.69, 9.17) is 4.74 Å². The first kappa shape index (κ1) is 21.9. The minimum absolute atomic E-state index is 0.104. The number of ether oxygens (including phenoxy) is 1. The standard InChI is InChI=1S/C22H30N2O6/c1-20(2,3)16-22(30-19(29)23(16)13-10-8-7-9-11-13)12-14(15(25)26)24(18(27)28)17(22)21(4,5)6/h7-11,14,16-17H,12H2,1-6H3,(H,25,26)(H,27,28)/t14-,16?,17?,22+/m0/s1. The van der Waals surface area contributed by atoms with E-state index < -0.39 is 52.7 Å². The quantitative estimate of drug-likeness (QED) is 0.750. The first-order chi connectivity index (χ1) is 13.7. The van der Waals surface area contributed by atoms with E-state index in [1.54, 1.807) is 17.0 Å². The van der Waals surface area contributed by atoms with Crippen molar-refractivity contribution in [3.63, 3.8) is 0 Å². The second-order valence-corrected chi connectivity index (χ2v) is 10.3. The average molecular weight is 418 g/mol. The summed E-state index contributed by atoms with van der Waals surface area (Å²) in [6, 6.07) is 6.33. The van der Waals surface area contributed by atoms with E-state index in [2.05, 4.69) is 0 Å². The van der Waals surface area contributed by atoms with E-state index in [1.165, 1.54) is 0 Å². The Hall–Kier alpha value is -2.77. The van der Waals surface area contributed by atoms with E-state index in [0.29, 0.717) is 5.69 Å². The maximum atomic E-state index is 13.2. The van der Waals surface area contributed by atoms with Gasteiger partial charge in [-0.05, 0) is 23.0 Å². The Labute approximate surface area is 176 Å². The van der Waals surface area contributed by atoms with Crippen LogP contribution in [0.15, 0.2) is 30.3 Å². The van der Waals surface area contributed by atoms with Gasteiger partial charge < -0.3 is 14.9 Å². The van der Waals surface area contributed by atoms with Crippen molar-refractivity contribution in [1.29, 1.82) is 0 Å². The molecule has 2 amide bonds. The van der Waals surface area contributed by atoms with E-state index in [0.717, 1.165) is 4.90 Å². The summed E-state index contributed by atoms with van der Waals surface area (Å²) in [7, 11) is 0. The van der Waals surface area contributed by atoms with Crippen molar-refractivity contribution in [1.82, 2.24) is 4.90 Å². The summed E-state index contributed by atoms with van der Waals surface area (Å²) in [6.45, 7) is 11.4. The number of carbonyl (C=O) groups excluding carboxylic acids is 1. The van der Waals surface area contributed by atoms with Crippen molar-refractivity contribution in [2.75, 3.05) is 4.90 Å². The molecule has 2 saturated heterocycles. The van der Waals surface area contributed by atoms with E-state index in [9.17, 15) is 24.6 Å². The molecule has 8 nitrogen and oxygen atoms in total. The van der Waals surface area contributed by atoms with Gasteiger partial charge in [0, 0.05) is 12.1 Å². The van der Waals surface area contributed by atoms with E-state index in [-0.39, 0.29) is 6.42 Å². The van der Waals surface area contributed by atoms with Crippen LogP contribution in [-0.4, -0.2) is 57.0 Å². The van der Waals surface area contributed by atoms with Crippen LogP contribution in [0.25, 0.3) is 0 Å². The van der Waals surface area contributed by atoms with Gasteiger partial charge in [0.1, 0.15) is 6.04 Å². The Morgan fingerprint density at radius 1 is 1.00 bits per heavy atom. The Morgan fingerprint density at radius 2 is 1.53 bits per heavy atom. The highest BCUT2D eigenvalue weighted by molar-refractivity contribution is 5.92. The number of carboxylic acids is 1. The highest BCUT2D eigenvalue weighted by atomic mass is 16.6. The fraction of sp³-hybridized carbons (Fsp3) is 0.591. The monoisotopic (exact) mass is 418 g/mol. The number of benzene rings is 1. The Bertz CT molecular complexity index is 857. The normalized spacial score (nSPS) is 29.4. The van der Waals surface area contributed by atoms with Crippen molar-refractivity contribution in [2.45, 2.75) is 71.7 Å². The second-order valence-electron chi connectivity index (χ2n) is 10.3. The Kier molecular flexibility index (Phi) is 5.04. The Balaban J connectivity index is 2.27. The third kappa shape index (κ3) is 3.28. The SMILES string of the molecule is CC(C)(C)C1N(c2ccccc2)C(=O)O[C@]12C[C@@H](C(=O)O)N(C(=O)O)C2C(C)(C)C. The summed E-state index contributed by atoms with van der Waals surface area (Å²) in [4.78, 5) is 40.0. The van der Waals surface area contributed by atoms with Gasteiger partial charge >= 0.3 is 18.2 Å². The van der Waals surface area contributed by atoms with Gasteiger partial charge in [0.2, 0.25) is 0 Å². The smallest absolute Gasteiger partial charge is 0.415 e. The maximum Gasteiger partial charge on any atom is 0.415 e. The molecule has 164 valence electrons. The van der Waals surface area contributed by atoms with Crippen LogP contribution in [0.2, 0.25) is 0 Å². The minimum atomic E-state index is -1.33. The lowest BCUT2D eigenvalue weighted by molar-refractivity contribution is -0.142. The van der Waals surface area contributed by atoms with Crippen LogP contribution < -0.4 is 4.90 Å². The van der Waals surface area contributed by atoms with Crippen molar-refractivity contribution in [3.8, 4) is 0 Å². The van der Waals surface area contributed by atoms with Crippen LogP contribution in [0.4, 0.5) is 15.3 Å². The fourth-order valence-electron chi connectivity index (χ4n) is 5.44. The molecule has 2 heterocycles.